The molecule has 0 spiro atoms. The van der Waals surface area contributed by atoms with Crippen LogP contribution in [0.4, 0.5) is 0 Å². The van der Waals surface area contributed by atoms with E-state index in [2.05, 4.69) is 16.8 Å². The topological polar surface area (TPSA) is 70.1 Å². The van der Waals surface area contributed by atoms with E-state index in [1.54, 1.807) is 6.92 Å². The van der Waals surface area contributed by atoms with Crippen molar-refractivity contribution in [3.05, 3.63) is 0 Å². The van der Waals surface area contributed by atoms with Crippen LogP contribution in [0.2, 0.25) is 0 Å². The quantitative estimate of drug-likeness (QED) is 0.769. The van der Waals surface area contributed by atoms with Crippen molar-refractivity contribution in [2.75, 3.05) is 39.8 Å². The average molecular weight is 312 g/mol. The van der Waals surface area contributed by atoms with E-state index in [1.165, 1.54) is 0 Å². The van der Waals surface area contributed by atoms with E-state index in [1.807, 2.05) is 0 Å². The van der Waals surface area contributed by atoms with Gasteiger partial charge in [-0.25, -0.2) is 0 Å². The van der Waals surface area contributed by atoms with Crippen LogP contribution in [-0.2, 0) is 14.3 Å². The van der Waals surface area contributed by atoms with Crippen LogP contribution < -0.4 is 0 Å². The Morgan fingerprint density at radius 3 is 2.55 bits per heavy atom. The smallest absolute Gasteiger partial charge is 0.313 e. The van der Waals surface area contributed by atoms with E-state index in [-0.39, 0.29) is 12.4 Å². The fraction of sp³-hybridized carbons (Fsp3) is 0.875. The van der Waals surface area contributed by atoms with Crippen molar-refractivity contribution in [2.45, 2.75) is 45.1 Å². The molecule has 0 aromatic heterocycles. The number of hydrogen-bond donors (Lipinski definition) is 1. The fourth-order valence-corrected chi connectivity index (χ4v) is 3.80. The average Bonchev–Trinajstić information content (AvgIpc) is 2.47. The fourth-order valence-electron chi connectivity index (χ4n) is 3.80. The summed E-state index contributed by atoms with van der Waals surface area (Å²) in [6, 6.07) is 0.457. The maximum absolute atomic E-state index is 12.4. The van der Waals surface area contributed by atoms with Crippen molar-refractivity contribution < 1.29 is 19.4 Å². The first kappa shape index (κ1) is 17.2. The molecule has 0 aromatic rings. The summed E-state index contributed by atoms with van der Waals surface area (Å²) < 4.78 is 5.20. The van der Waals surface area contributed by atoms with E-state index in [4.69, 9.17) is 4.74 Å². The van der Waals surface area contributed by atoms with Gasteiger partial charge < -0.3 is 14.7 Å². The highest BCUT2D eigenvalue weighted by molar-refractivity contribution is 5.83. The van der Waals surface area contributed by atoms with Crippen LogP contribution in [0.5, 0.6) is 0 Å². The molecular formula is C16H28N2O4. The van der Waals surface area contributed by atoms with Gasteiger partial charge in [0.15, 0.2) is 0 Å². The minimum absolute atomic E-state index is 0.130. The number of carbonyl (C=O) groups is 2. The zero-order valence-electron chi connectivity index (χ0n) is 13.7. The molecule has 2 saturated heterocycles. The highest BCUT2D eigenvalue weighted by Crippen LogP contribution is 2.37. The van der Waals surface area contributed by atoms with Gasteiger partial charge in [-0.2, -0.15) is 0 Å². The highest BCUT2D eigenvalue weighted by atomic mass is 16.5. The lowest BCUT2D eigenvalue weighted by Crippen LogP contribution is -2.54. The zero-order chi connectivity index (χ0) is 16.2. The van der Waals surface area contributed by atoms with Crippen LogP contribution in [0, 0.1) is 5.41 Å². The van der Waals surface area contributed by atoms with Crippen LogP contribution in [0.25, 0.3) is 0 Å². The maximum Gasteiger partial charge on any atom is 0.313 e. The van der Waals surface area contributed by atoms with Gasteiger partial charge in [0.25, 0.3) is 0 Å². The van der Waals surface area contributed by atoms with Gasteiger partial charge in [0, 0.05) is 12.6 Å². The molecule has 2 aliphatic heterocycles. The van der Waals surface area contributed by atoms with Crippen LogP contribution >= 0.6 is 0 Å². The van der Waals surface area contributed by atoms with Gasteiger partial charge in [-0.05, 0) is 59.3 Å². The molecule has 0 radical (unpaired) electrons. The molecule has 6 nitrogen and oxygen atoms in total. The number of likely N-dealkylation sites (tertiary alicyclic amines) is 2. The molecule has 2 rings (SSSR count). The summed E-state index contributed by atoms with van der Waals surface area (Å²) in [5.41, 5.74) is -0.872. The number of aliphatic carboxylic acids is 1. The molecule has 1 unspecified atom stereocenters. The molecule has 0 amide bonds. The summed E-state index contributed by atoms with van der Waals surface area (Å²) in [6.45, 7) is 5.67. The first-order valence-electron chi connectivity index (χ1n) is 8.28. The predicted octanol–water partition coefficient (Wildman–Crippen LogP) is 1.20. The molecule has 2 heterocycles. The molecule has 2 aliphatic rings. The molecule has 126 valence electrons. The van der Waals surface area contributed by atoms with Crippen molar-refractivity contribution in [3.63, 3.8) is 0 Å². The number of rotatable bonds is 5. The summed E-state index contributed by atoms with van der Waals surface area (Å²) in [5.74, 6) is -1.26. The molecule has 22 heavy (non-hydrogen) atoms. The highest BCUT2D eigenvalue weighted by Gasteiger charge is 2.46. The summed E-state index contributed by atoms with van der Waals surface area (Å²) in [6.07, 6.45) is 3.51. The Balaban J connectivity index is 2.09. The Bertz CT molecular complexity index is 407. The zero-order valence-corrected chi connectivity index (χ0v) is 13.7. The molecule has 0 bridgehead atoms. The number of nitrogens with zero attached hydrogens (tertiary/aromatic N) is 2. The number of carboxylic acids is 1. The van der Waals surface area contributed by atoms with Crippen LogP contribution in [0.1, 0.15) is 39.0 Å². The number of piperidine rings is 2. The van der Waals surface area contributed by atoms with Crippen molar-refractivity contribution in [1.29, 1.82) is 0 Å². The molecule has 1 N–H and O–H groups in total. The standard InChI is InChI=1S/C16H28N2O4/c1-3-22-15(21)16(11-14(19)20)7-4-8-18(12-16)13-5-9-17(2)10-6-13/h13H,3-12H2,1-2H3,(H,19,20). The van der Waals surface area contributed by atoms with Gasteiger partial charge >= 0.3 is 11.9 Å². The third kappa shape index (κ3) is 3.98. The molecule has 2 fully saturated rings. The third-order valence-corrected chi connectivity index (χ3v) is 5.01. The van der Waals surface area contributed by atoms with Gasteiger partial charge in [-0.15, -0.1) is 0 Å². The summed E-state index contributed by atoms with van der Waals surface area (Å²) in [7, 11) is 2.12. The number of carboxylic acid groups (broad SMARTS) is 1. The SMILES string of the molecule is CCOC(=O)C1(CC(=O)O)CCCN(C2CCN(C)CC2)C1. The van der Waals surface area contributed by atoms with E-state index < -0.39 is 11.4 Å². The Morgan fingerprint density at radius 1 is 1.27 bits per heavy atom. The first-order chi connectivity index (χ1) is 10.5. The minimum Gasteiger partial charge on any atom is -0.481 e. The van der Waals surface area contributed by atoms with Crippen molar-refractivity contribution in [2.24, 2.45) is 5.41 Å². The number of carbonyl (C=O) groups excluding carboxylic acids is 1. The monoisotopic (exact) mass is 312 g/mol. The van der Waals surface area contributed by atoms with Crippen LogP contribution in [0.15, 0.2) is 0 Å². The lowest BCUT2D eigenvalue weighted by Gasteiger charge is -2.45. The molecule has 0 aliphatic carbocycles. The van der Waals surface area contributed by atoms with Gasteiger partial charge in [0.1, 0.15) is 0 Å². The van der Waals surface area contributed by atoms with Crippen LogP contribution in [0.3, 0.4) is 0 Å². The van der Waals surface area contributed by atoms with Gasteiger partial charge in [-0.3, -0.25) is 14.5 Å². The summed E-state index contributed by atoms with van der Waals surface area (Å²) in [4.78, 5) is 28.3. The molecular weight excluding hydrogens is 284 g/mol. The van der Waals surface area contributed by atoms with E-state index in [9.17, 15) is 14.7 Å². The van der Waals surface area contributed by atoms with Crippen molar-refractivity contribution in [1.82, 2.24) is 9.80 Å². The maximum atomic E-state index is 12.4. The molecule has 6 heteroatoms. The second-order valence-corrected chi connectivity index (χ2v) is 6.68. The Morgan fingerprint density at radius 2 is 1.95 bits per heavy atom. The number of ether oxygens (including phenoxy) is 1. The second-order valence-electron chi connectivity index (χ2n) is 6.68. The normalized spacial score (nSPS) is 28.5. The third-order valence-electron chi connectivity index (χ3n) is 5.01. The van der Waals surface area contributed by atoms with E-state index in [0.29, 0.717) is 25.6 Å². The molecule has 1 atom stereocenters. The van der Waals surface area contributed by atoms with E-state index in [0.717, 1.165) is 38.9 Å². The number of hydrogen-bond acceptors (Lipinski definition) is 5. The molecule has 0 aromatic carbocycles. The van der Waals surface area contributed by atoms with E-state index >= 15 is 0 Å². The van der Waals surface area contributed by atoms with Crippen LogP contribution in [-0.4, -0.2) is 72.7 Å². The Labute approximate surface area is 132 Å². The lowest BCUT2D eigenvalue weighted by molar-refractivity contribution is -0.165. The molecule has 0 saturated carbocycles. The number of esters is 1. The Hall–Kier alpha value is -1.14. The van der Waals surface area contributed by atoms with Crippen molar-refractivity contribution in [3.8, 4) is 0 Å². The minimum atomic E-state index is -0.918. The van der Waals surface area contributed by atoms with Crippen molar-refractivity contribution >= 4 is 11.9 Å². The van der Waals surface area contributed by atoms with Gasteiger partial charge in [0.2, 0.25) is 0 Å². The Kier molecular flexibility index (Phi) is 5.81. The van der Waals surface area contributed by atoms with Gasteiger partial charge in [-0.1, -0.05) is 0 Å². The van der Waals surface area contributed by atoms with Gasteiger partial charge in [0.05, 0.1) is 18.4 Å². The second kappa shape index (κ2) is 7.42. The summed E-state index contributed by atoms with van der Waals surface area (Å²) in [5, 5.41) is 9.25. The largest absolute Gasteiger partial charge is 0.481 e. The lowest BCUT2D eigenvalue weighted by atomic mass is 9.76. The summed E-state index contributed by atoms with van der Waals surface area (Å²) >= 11 is 0. The first-order valence-corrected chi connectivity index (χ1v) is 8.28. The predicted molar refractivity (Wildman–Crippen MR) is 82.6 cm³/mol.